The van der Waals surface area contributed by atoms with Crippen molar-refractivity contribution in [3.8, 4) is 0 Å². The second-order valence-corrected chi connectivity index (χ2v) is 2.19. The van der Waals surface area contributed by atoms with Crippen molar-refractivity contribution in [2.24, 2.45) is 0 Å². The molecule has 0 aromatic heterocycles. The summed E-state index contributed by atoms with van der Waals surface area (Å²) in [5.41, 5.74) is 6.16. The first-order valence-electron chi connectivity index (χ1n) is 3.04. The Kier molecular flexibility index (Phi) is 2.27. The minimum absolute atomic E-state index is 0.958. The SMILES string of the molecule is CN1CCCNNC1. The largest absolute Gasteiger partial charge is 0.293 e. The molecule has 48 valence electrons. The summed E-state index contributed by atoms with van der Waals surface area (Å²) in [7, 11) is 2.11. The van der Waals surface area contributed by atoms with Crippen LogP contribution in [0.15, 0.2) is 0 Å². The first kappa shape index (κ1) is 6.01. The zero-order chi connectivity index (χ0) is 5.82. The average Bonchev–Trinajstić information content (AvgIpc) is 1.94. The number of hydrogen-bond acceptors (Lipinski definition) is 3. The van der Waals surface area contributed by atoms with Crippen LogP contribution in [0.1, 0.15) is 6.42 Å². The molecular weight excluding hydrogens is 102 g/mol. The summed E-state index contributed by atoms with van der Waals surface area (Å²) in [4.78, 5) is 2.25. The third-order valence-electron chi connectivity index (χ3n) is 1.32. The van der Waals surface area contributed by atoms with E-state index in [1.165, 1.54) is 13.0 Å². The Morgan fingerprint density at radius 2 is 2.25 bits per heavy atom. The Balaban J connectivity index is 2.17. The summed E-state index contributed by atoms with van der Waals surface area (Å²) in [6, 6.07) is 0. The lowest BCUT2D eigenvalue weighted by atomic mass is 10.4. The topological polar surface area (TPSA) is 27.3 Å². The Morgan fingerprint density at radius 3 is 3.12 bits per heavy atom. The van der Waals surface area contributed by atoms with Crippen LogP contribution in [0.3, 0.4) is 0 Å². The molecule has 1 aliphatic rings. The fraction of sp³-hybridized carbons (Fsp3) is 1.00. The number of nitrogens with one attached hydrogen (secondary N) is 2. The lowest BCUT2D eigenvalue weighted by Gasteiger charge is -2.10. The predicted octanol–water partition coefficient (Wildman–Crippen LogP) is -0.626. The minimum atomic E-state index is 0.958. The third kappa shape index (κ3) is 1.78. The lowest BCUT2D eigenvalue weighted by Crippen LogP contribution is -2.36. The maximum absolute atomic E-state index is 3.09. The summed E-state index contributed by atoms with van der Waals surface area (Å²) in [5, 5.41) is 0. The van der Waals surface area contributed by atoms with Crippen LogP contribution in [0.4, 0.5) is 0 Å². The van der Waals surface area contributed by atoms with Gasteiger partial charge in [0.1, 0.15) is 0 Å². The van der Waals surface area contributed by atoms with Gasteiger partial charge in [-0.3, -0.25) is 10.3 Å². The van der Waals surface area contributed by atoms with Crippen LogP contribution in [0.5, 0.6) is 0 Å². The van der Waals surface area contributed by atoms with Crippen molar-refractivity contribution in [2.45, 2.75) is 6.42 Å². The molecule has 1 aliphatic heterocycles. The van der Waals surface area contributed by atoms with E-state index in [0.29, 0.717) is 0 Å². The minimum Gasteiger partial charge on any atom is -0.293 e. The van der Waals surface area contributed by atoms with Gasteiger partial charge in [-0.15, -0.1) is 0 Å². The highest BCUT2D eigenvalue weighted by molar-refractivity contribution is 4.54. The summed E-state index contributed by atoms with van der Waals surface area (Å²) in [6.45, 7) is 3.24. The summed E-state index contributed by atoms with van der Waals surface area (Å²) in [6.07, 6.45) is 1.24. The van der Waals surface area contributed by atoms with Gasteiger partial charge in [0.15, 0.2) is 0 Å². The van der Waals surface area contributed by atoms with E-state index in [-0.39, 0.29) is 0 Å². The molecule has 1 fully saturated rings. The number of hydrogen-bond donors (Lipinski definition) is 2. The molecule has 2 N–H and O–H groups in total. The Morgan fingerprint density at radius 1 is 1.38 bits per heavy atom. The van der Waals surface area contributed by atoms with Crippen LogP contribution in [0.2, 0.25) is 0 Å². The van der Waals surface area contributed by atoms with Crippen molar-refractivity contribution >= 4 is 0 Å². The molecule has 3 heteroatoms. The van der Waals surface area contributed by atoms with Crippen LogP contribution >= 0.6 is 0 Å². The fourth-order valence-electron chi connectivity index (χ4n) is 0.796. The van der Waals surface area contributed by atoms with Gasteiger partial charge in [-0.05, 0) is 13.5 Å². The van der Waals surface area contributed by atoms with E-state index in [9.17, 15) is 0 Å². The van der Waals surface area contributed by atoms with Gasteiger partial charge in [0.2, 0.25) is 0 Å². The van der Waals surface area contributed by atoms with Crippen molar-refractivity contribution < 1.29 is 0 Å². The number of rotatable bonds is 0. The van der Waals surface area contributed by atoms with Gasteiger partial charge >= 0.3 is 0 Å². The van der Waals surface area contributed by atoms with E-state index in [1.54, 1.807) is 0 Å². The summed E-state index contributed by atoms with van der Waals surface area (Å²) in [5.74, 6) is 0. The molecule has 0 unspecified atom stereocenters. The molecule has 0 aromatic carbocycles. The predicted molar refractivity (Wildman–Crippen MR) is 33.3 cm³/mol. The van der Waals surface area contributed by atoms with E-state index < -0.39 is 0 Å². The van der Waals surface area contributed by atoms with Crippen LogP contribution < -0.4 is 10.9 Å². The van der Waals surface area contributed by atoms with Crippen LogP contribution in [0, 0.1) is 0 Å². The third-order valence-corrected chi connectivity index (χ3v) is 1.32. The van der Waals surface area contributed by atoms with Crippen LogP contribution in [-0.4, -0.2) is 31.7 Å². The highest BCUT2D eigenvalue weighted by atomic mass is 15.4. The molecule has 0 aliphatic carbocycles. The zero-order valence-corrected chi connectivity index (χ0v) is 5.28. The zero-order valence-electron chi connectivity index (χ0n) is 5.28. The summed E-state index contributed by atoms with van der Waals surface area (Å²) >= 11 is 0. The molecule has 8 heavy (non-hydrogen) atoms. The monoisotopic (exact) mass is 115 g/mol. The van der Waals surface area contributed by atoms with Gasteiger partial charge in [-0.25, -0.2) is 5.43 Å². The molecule has 1 heterocycles. The Hall–Kier alpha value is -0.120. The second kappa shape index (κ2) is 3.02. The molecule has 0 aromatic rings. The van der Waals surface area contributed by atoms with Crippen LogP contribution in [-0.2, 0) is 0 Å². The smallest absolute Gasteiger partial charge is 0.0612 e. The normalized spacial score (nSPS) is 25.1. The van der Waals surface area contributed by atoms with E-state index in [2.05, 4.69) is 22.8 Å². The first-order valence-corrected chi connectivity index (χ1v) is 3.04. The number of nitrogens with zero attached hydrogens (tertiary/aromatic N) is 1. The van der Waals surface area contributed by atoms with Crippen molar-refractivity contribution in [3.63, 3.8) is 0 Å². The molecule has 0 radical (unpaired) electrons. The van der Waals surface area contributed by atoms with Crippen molar-refractivity contribution in [3.05, 3.63) is 0 Å². The number of hydrazine groups is 1. The fourth-order valence-corrected chi connectivity index (χ4v) is 0.796. The maximum atomic E-state index is 3.09. The highest BCUT2D eigenvalue weighted by Crippen LogP contribution is 1.85. The van der Waals surface area contributed by atoms with E-state index in [1.807, 2.05) is 0 Å². The Bertz CT molecular complexity index is 56.7. The standard InChI is InChI=1S/C5H13N3/c1-8-4-2-3-6-7-5-8/h6-7H,2-5H2,1H3. The molecule has 0 saturated carbocycles. The van der Waals surface area contributed by atoms with Gasteiger partial charge in [0, 0.05) is 13.1 Å². The molecule has 1 rings (SSSR count). The quantitative estimate of drug-likeness (QED) is 0.440. The average molecular weight is 115 g/mol. The van der Waals surface area contributed by atoms with Gasteiger partial charge < -0.3 is 0 Å². The molecule has 0 amide bonds. The van der Waals surface area contributed by atoms with Crippen LogP contribution in [0.25, 0.3) is 0 Å². The van der Waals surface area contributed by atoms with Gasteiger partial charge in [0.05, 0.1) is 6.67 Å². The highest BCUT2D eigenvalue weighted by Gasteiger charge is 1.99. The van der Waals surface area contributed by atoms with Crippen molar-refractivity contribution in [1.29, 1.82) is 0 Å². The maximum Gasteiger partial charge on any atom is 0.0612 e. The molecule has 1 saturated heterocycles. The lowest BCUT2D eigenvalue weighted by molar-refractivity contribution is 0.322. The van der Waals surface area contributed by atoms with E-state index in [4.69, 9.17) is 0 Å². The molecular formula is C5H13N3. The van der Waals surface area contributed by atoms with Gasteiger partial charge in [0.25, 0.3) is 0 Å². The van der Waals surface area contributed by atoms with Crippen molar-refractivity contribution in [2.75, 3.05) is 26.8 Å². The molecule has 0 atom stereocenters. The van der Waals surface area contributed by atoms with E-state index >= 15 is 0 Å². The first-order chi connectivity index (χ1) is 3.89. The van der Waals surface area contributed by atoms with Gasteiger partial charge in [-0.1, -0.05) is 0 Å². The second-order valence-electron chi connectivity index (χ2n) is 2.19. The molecule has 3 nitrogen and oxygen atoms in total. The summed E-state index contributed by atoms with van der Waals surface area (Å²) < 4.78 is 0. The van der Waals surface area contributed by atoms with E-state index in [0.717, 1.165) is 13.2 Å². The van der Waals surface area contributed by atoms with Crippen molar-refractivity contribution in [1.82, 2.24) is 15.8 Å². The molecule has 0 bridgehead atoms. The Labute approximate surface area is 50.0 Å². The van der Waals surface area contributed by atoms with Gasteiger partial charge in [-0.2, -0.15) is 0 Å². The molecule has 0 spiro atoms.